The van der Waals surface area contributed by atoms with Crippen molar-refractivity contribution in [1.82, 2.24) is 19.2 Å². The van der Waals surface area contributed by atoms with Gasteiger partial charge in [-0.15, -0.1) is 5.10 Å². The monoisotopic (exact) mass is 470 g/mol. The normalized spacial score (nSPS) is 18.0. The van der Waals surface area contributed by atoms with Gasteiger partial charge < -0.3 is 0 Å². The summed E-state index contributed by atoms with van der Waals surface area (Å²) in [5, 5.41) is 4.92. The van der Waals surface area contributed by atoms with Gasteiger partial charge in [-0.25, -0.2) is 13.1 Å². The van der Waals surface area contributed by atoms with Crippen molar-refractivity contribution in [3.8, 4) is 17.1 Å². The maximum atomic E-state index is 11.9. The van der Waals surface area contributed by atoms with Crippen molar-refractivity contribution in [1.29, 1.82) is 0 Å². The summed E-state index contributed by atoms with van der Waals surface area (Å²) >= 11 is 5.92. The minimum atomic E-state index is -2.95. The van der Waals surface area contributed by atoms with E-state index < -0.39 is 9.84 Å². The summed E-state index contributed by atoms with van der Waals surface area (Å²) in [6.07, 6.45) is 0.647. The number of para-hydroxylation sites is 1. The van der Waals surface area contributed by atoms with Gasteiger partial charge in [0.1, 0.15) is 0 Å². The lowest BCUT2D eigenvalue weighted by Gasteiger charge is -2.22. The molecule has 1 aliphatic heterocycles. The third-order valence-electron chi connectivity index (χ3n) is 6.14. The fourth-order valence-corrected chi connectivity index (χ4v) is 6.32. The molecule has 0 saturated carbocycles. The SMILES string of the molecule is Cc1ccc(-c2nn(CN(C)[C@H]3CCS(=O)(=O)C3)c(=S)n2-c2ccccc2C(C)C)cc1. The Morgan fingerprint density at radius 2 is 1.84 bits per heavy atom. The summed E-state index contributed by atoms with van der Waals surface area (Å²) in [6, 6.07) is 16.6. The van der Waals surface area contributed by atoms with Gasteiger partial charge in [0.15, 0.2) is 15.7 Å². The van der Waals surface area contributed by atoms with Gasteiger partial charge in [-0.1, -0.05) is 61.9 Å². The standard InChI is InChI=1S/C24H30N4O2S2/c1-17(2)21-7-5-6-8-22(21)28-23(19-11-9-18(3)10-12-19)25-27(24(28)31)16-26(4)20-13-14-32(29,30)15-20/h5-12,17,20H,13-16H2,1-4H3/t20-/m0/s1. The zero-order valence-corrected chi connectivity index (χ0v) is 20.7. The van der Waals surface area contributed by atoms with Crippen LogP contribution in [0.5, 0.6) is 0 Å². The molecular formula is C24H30N4O2S2. The molecule has 0 amide bonds. The van der Waals surface area contributed by atoms with Crippen molar-refractivity contribution in [2.24, 2.45) is 0 Å². The molecule has 4 rings (SSSR count). The third-order valence-corrected chi connectivity index (χ3v) is 8.28. The fourth-order valence-electron chi connectivity index (χ4n) is 4.24. The van der Waals surface area contributed by atoms with Gasteiger partial charge in [0, 0.05) is 11.6 Å². The first-order valence-electron chi connectivity index (χ1n) is 10.9. The van der Waals surface area contributed by atoms with Gasteiger partial charge >= 0.3 is 0 Å². The van der Waals surface area contributed by atoms with E-state index in [1.807, 2.05) is 28.8 Å². The number of benzene rings is 2. The van der Waals surface area contributed by atoms with Crippen LogP contribution in [0, 0.1) is 11.7 Å². The highest BCUT2D eigenvalue weighted by molar-refractivity contribution is 7.91. The third kappa shape index (κ3) is 4.58. The average Bonchev–Trinajstić information content (AvgIpc) is 3.28. The van der Waals surface area contributed by atoms with Crippen LogP contribution in [0.2, 0.25) is 0 Å². The van der Waals surface area contributed by atoms with Gasteiger partial charge in [-0.2, -0.15) is 0 Å². The molecule has 1 aromatic heterocycles. The zero-order valence-electron chi connectivity index (χ0n) is 19.0. The van der Waals surface area contributed by atoms with E-state index in [-0.39, 0.29) is 17.5 Å². The van der Waals surface area contributed by atoms with Crippen molar-refractivity contribution in [3.63, 3.8) is 0 Å². The predicted octanol–water partition coefficient (Wildman–Crippen LogP) is 4.58. The first-order chi connectivity index (χ1) is 15.2. The van der Waals surface area contributed by atoms with Gasteiger partial charge in [0.25, 0.3) is 0 Å². The Morgan fingerprint density at radius 1 is 1.16 bits per heavy atom. The van der Waals surface area contributed by atoms with Crippen molar-refractivity contribution in [2.45, 2.75) is 45.8 Å². The van der Waals surface area contributed by atoms with Crippen LogP contribution in [0.25, 0.3) is 17.1 Å². The van der Waals surface area contributed by atoms with E-state index in [1.54, 1.807) is 0 Å². The second kappa shape index (κ2) is 8.92. The lowest BCUT2D eigenvalue weighted by molar-refractivity contribution is 0.196. The Labute approximate surface area is 195 Å². The van der Waals surface area contributed by atoms with E-state index in [2.05, 4.69) is 61.7 Å². The summed E-state index contributed by atoms with van der Waals surface area (Å²) in [5.74, 6) is 1.56. The summed E-state index contributed by atoms with van der Waals surface area (Å²) < 4.78 is 28.4. The number of sulfone groups is 1. The Balaban J connectivity index is 1.81. The molecule has 0 radical (unpaired) electrons. The van der Waals surface area contributed by atoms with Crippen LogP contribution in [-0.2, 0) is 16.5 Å². The summed E-state index contributed by atoms with van der Waals surface area (Å²) in [5.41, 5.74) is 4.40. The molecular weight excluding hydrogens is 440 g/mol. The number of hydrogen-bond acceptors (Lipinski definition) is 5. The first kappa shape index (κ1) is 22.9. The lowest BCUT2D eigenvalue weighted by atomic mass is 10.0. The van der Waals surface area contributed by atoms with Crippen molar-refractivity contribution < 1.29 is 8.42 Å². The molecule has 1 fully saturated rings. The quantitative estimate of drug-likeness (QED) is 0.494. The van der Waals surface area contributed by atoms with Crippen LogP contribution in [-0.4, -0.2) is 52.3 Å². The Hall–Kier alpha value is -2.29. The minimum absolute atomic E-state index is 0.0159. The first-order valence-corrected chi connectivity index (χ1v) is 13.2. The molecule has 2 heterocycles. The summed E-state index contributed by atoms with van der Waals surface area (Å²) in [7, 11) is -1.01. The molecule has 170 valence electrons. The van der Waals surface area contributed by atoms with Crippen LogP contribution < -0.4 is 0 Å². The number of aryl methyl sites for hydroxylation is 1. The minimum Gasteiger partial charge on any atom is -0.283 e. The van der Waals surface area contributed by atoms with Crippen LogP contribution in [0.15, 0.2) is 48.5 Å². The maximum Gasteiger partial charge on any atom is 0.204 e. The van der Waals surface area contributed by atoms with E-state index in [9.17, 15) is 8.42 Å². The Bertz CT molecular complexity index is 1270. The van der Waals surface area contributed by atoms with E-state index in [0.29, 0.717) is 23.8 Å². The van der Waals surface area contributed by atoms with E-state index in [4.69, 9.17) is 17.3 Å². The lowest BCUT2D eigenvalue weighted by Crippen LogP contribution is -2.34. The summed E-state index contributed by atoms with van der Waals surface area (Å²) in [6.45, 7) is 6.85. The average molecular weight is 471 g/mol. The Kier molecular flexibility index (Phi) is 6.38. The largest absolute Gasteiger partial charge is 0.283 e. The highest BCUT2D eigenvalue weighted by Gasteiger charge is 2.31. The van der Waals surface area contributed by atoms with Crippen LogP contribution in [0.3, 0.4) is 0 Å². The maximum absolute atomic E-state index is 11.9. The van der Waals surface area contributed by atoms with Gasteiger partial charge in [-0.05, 0) is 50.2 Å². The molecule has 0 aliphatic carbocycles. The molecule has 6 nitrogen and oxygen atoms in total. The van der Waals surface area contributed by atoms with Gasteiger partial charge in [-0.3, -0.25) is 9.47 Å². The molecule has 0 bridgehead atoms. The molecule has 8 heteroatoms. The molecule has 0 spiro atoms. The fraction of sp³-hybridized carbons (Fsp3) is 0.417. The van der Waals surface area contributed by atoms with E-state index >= 15 is 0 Å². The van der Waals surface area contributed by atoms with Crippen molar-refractivity contribution in [2.75, 3.05) is 18.6 Å². The zero-order chi connectivity index (χ0) is 23.0. The summed E-state index contributed by atoms with van der Waals surface area (Å²) in [4.78, 5) is 2.05. The highest BCUT2D eigenvalue weighted by atomic mass is 32.2. The molecule has 1 atom stereocenters. The molecule has 0 unspecified atom stereocenters. The molecule has 32 heavy (non-hydrogen) atoms. The van der Waals surface area contributed by atoms with Crippen LogP contribution in [0.1, 0.15) is 37.3 Å². The van der Waals surface area contributed by atoms with E-state index in [1.165, 1.54) is 11.1 Å². The second-order valence-electron chi connectivity index (χ2n) is 8.98. The predicted molar refractivity (Wildman–Crippen MR) is 131 cm³/mol. The van der Waals surface area contributed by atoms with Crippen molar-refractivity contribution >= 4 is 22.1 Å². The van der Waals surface area contributed by atoms with Crippen LogP contribution >= 0.6 is 12.2 Å². The number of nitrogens with zero attached hydrogens (tertiary/aromatic N) is 4. The van der Waals surface area contributed by atoms with Gasteiger partial charge in [0.05, 0.1) is 23.9 Å². The number of hydrogen-bond donors (Lipinski definition) is 0. The van der Waals surface area contributed by atoms with Crippen LogP contribution in [0.4, 0.5) is 0 Å². The molecule has 1 saturated heterocycles. The van der Waals surface area contributed by atoms with Crippen molar-refractivity contribution in [3.05, 3.63) is 64.4 Å². The van der Waals surface area contributed by atoms with E-state index in [0.717, 1.165) is 17.1 Å². The second-order valence-corrected chi connectivity index (χ2v) is 11.6. The Morgan fingerprint density at radius 3 is 2.47 bits per heavy atom. The highest BCUT2D eigenvalue weighted by Crippen LogP contribution is 2.29. The topological polar surface area (TPSA) is 60.1 Å². The molecule has 0 N–H and O–H groups in total. The number of rotatable bonds is 6. The number of aromatic nitrogens is 3. The van der Waals surface area contributed by atoms with Gasteiger partial charge in [0.2, 0.25) is 4.77 Å². The smallest absolute Gasteiger partial charge is 0.204 e. The molecule has 1 aliphatic rings. The molecule has 3 aromatic rings. The molecule has 2 aromatic carbocycles.